The second kappa shape index (κ2) is 7.21. The van der Waals surface area contributed by atoms with Crippen LogP contribution in [0.15, 0.2) is 34.5 Å². The van der Waals surface area contributed by atoms with Gasteiger partial charge in [0, 0.05) is 29.6 Å². The maximum Gasteiger partial charge on any atom is 0.263 e. The fourth-order valence-electron chi connectivity index (χ4n) is 3.83. The summed E-state index contributed by atoms with van der Waals surface area (Å²) in [4.78, 5) is 25.0. The van der Waals surface area contributed by atoms with Gasteiger partial charge in [-0.15, -0.1) is 11.3 Å². The molecule has 4 aromatic heterocycles. The van der Waals surface area contributed by atoms with Crippen LogP contribution in [0.25, 0.3) is 15.9 Å². The Balaban J connectivity index is 1.51. The molecule has 28 heavy (non-hydrogen) atoms. The van der Waals surface area contributed by atoms with E-state index in [-0.39, 0.29) is 5.56 Å². The van der Waals surface area contributed by atoms with Gasteiger partial charge in [-0.1, -0.05) is 23.4 Å². The van der Waals surface area contributed by atoms with Gasteiger partial charge in [0.15, 0.2) is 5.16 Å². The Bertz CT molecular complexity index is 1260. The van der Waals surface area contributed by atoms with Gasteiger partial charge in [0.25, 0.3) is 5.56 Å². The quantitative estimate of drug-likeness (QED) is 0.339. The number of rotatable bonds is 4. The van der Waals surface area contributed by atoms with Gasteiger partial charge in [0.1, 0.15) is 10.5 Å². The highest BCUT2D eigenvalue weighted by atomic mass is 35.5. The first-order valence-corrected chi connectivity index (χ1v) is 11.6. The van der Waals surface area contributed by atoms with Gasteiger partial charge in [-0.25, -0.2) is 9.97 Å². The van der Waals surface area contributed by atoms with Gasteiger partial charge in [0.05, 0.1) is 16.1 Å². The molecule has 4 aromatic rings. The second-order valence-corrected chi connectivity index (χ2v) is 9.43. The van der Waals surface area contributed by atoms with Crippen LogP contribution in [0.4, 0.5) is 0 Å². The average molecular weight is 431 g/mol. The predicted octanol–water partition coefficient (Wildman–Crippen LogP) is 4.95. The second-order valence-electron chi connectivity index (χ2n) is 6.97. The Morgan fingerprint density at radius 1 is 1.21 bits per heavy atom. The van der Waals surface area contributed by atoms with E-state index in [4.69, 9.17) is 16.6 Å². The molecular weight excluding hydrogens is 412 g/mol. The summed E-state index contributed by atoms with van der Waals surface area (Å²) < 4.78 is 3.73. The molecule has 0 aliphatic heterocycles. The van der Waals surface area contributed by atoms with Crippen molar-refractivity contribution in [1.29, 1.82) is 0 Å². The number of thioether (sulfide) groups is 1. The van der Waals surface area contributed by atoms with Crippen LogP contribution < -0.4 is 5.56 Å². The van der Waals surface area contributed by atoms with Crippen molar-refractivity contribution in [3.8, 4) is 0 Å². The molecule has 1 aliphatic carbocycles. The molecule has 0 amide bonds. The lowest BCUT2D eigenvalue weighted by Gasteiger charge is -2.11. The summed E-state index contributed by atoms with van der Waals surface area (Å²) in [5.41, 5.74) is 3.16. The summed E-state index contributed by atoms with van der Waals surface area (Å²) in [5.74, 6) is 0.655. The van der Waals surface area contributed by atoms with E-state index >= 15 is 0 Å². The number of imidazole rings is 1. The number of halogens is 1. The largest absolute Gasteiger partial charge is 0.305 e. The van der Waals surface area contributed by atoms with Gasteiger partial charge < -0.3 is 4.40 Å². The van der Waals surface area contributed by atoms with Gasteiger partial charge in [-0.3, -0.25) is 9.36 Å². The average Bonchev–Trinajstić information content (AvgIpc) is 3.26. The third-order valence-corrected chi connectivity index (χ3v) is 7.59. The zero-order valence-electron chi connectivity index (χ0n) is 15.4. The van der Waals surface area contributed by atoms with Gasteiger partial charge in [-0.05, 0) is 50.3 Å². The van der Waals surface area contributed by atoms with Crippen LogP contribution in [0.2, 0.25) is 5.02 Å². The van der Waals surface area contributed by atoms with Crippen molar-refractivity contribution in [3.05, 3.63) is 56.0 Å². The lowest BCUT2D eigenvalue weighted by molar-refractivity contribution is 0.633. The minimum absolute atomic E-state index is 0.108. The molecule has 5 rings (SSSR count). The number of fused-ring (bicyclic) bond motifs is 4. The first-order valence-electron chi connectivity index (χ1n) is 9.45. The van der Waals surface area contributed by atoms with Gasteiger partial charge in [-0.2, -0.15) is 0 Å². The first kappa shape index (κ1) is 18.2. The SMILES string of the molecule is CCn1c(SCc2cn3cc(Cl)ccc3n2)nc2sc3c(c2c1=O)CCCC3. The van der Waals surface area contributed by atoms with Crippen molar-refractivity contribution < 1.29 is 0 Å². The van der Waals surface area contributed by atoms with Crippen LogP contribution in [-0.4, -0.2) is 18.9 Å². The van der Waals surface area contributed by atoms with Crippen LogP contribution in [0, 0.1) is 0 Å². The number of aryl methyl sites for hydroxylation is 2. The highest BCUT2D eigenvalue weighted by molar-refractivity contribution is 7.98. The fourth-order valence-corrected chi connectivity index (χ4v) is 6.25. The monoisotopic (exact) mass is 430 g/mol. The van der Waals surface area contributed by atoms with Crippen molar-refractivity contribution >= 4 is 50.6 Å². The number of thiophene rings is 1. The van der Waals surface area contributed by atoms with Gasteiger partial charge in [0.2, 0.25) is 0 Å². The standard InChI is InChI=1S/C20H19ClN4OS2/c1-2-25-19(26)17-14-5-3-4-6-15(14)28-18(17)23-20(25)27-11-13-10-24-9-12(21)7-8-16(24)22-13/h7-10H,2-6,11H2,1H3. The van der Waals surface area contributed by atoms with Gasteiger partial charge >= 0.3 is 0 Å². The summed E-state index contributed by atoms with van der Waals surface area (Å²) in [7, 11) is 0. The lowest BCUT2D eigenvalue weighted by Crippen LogP contribution is -2.23. The van der Waals surface area contributed by atoms with Crippen molar-refractivity contribution in [1.82, 2.24) is 18.9 Å². The molecule has 0 spiro atoms. The number of hydrogen-bond donors (Lipinski definition) is 0. The van der Waals surface area contributed by atoms with Crippen LogP contribution in [0.1, 0.15) is 35.9 Å². The molecule has 4 heterocycles. The Hall–Kier alpha value is -1.83. The van der Waals surface area contributed by atoms with Crippen molar-refractivity contribution in [2.75, 3.05) is 0 Å². The Kier molecular flexibility index (Phi) is 4.69. The highest BCUT2D eigenvalue weighted by Crippen LogP contribution is 2.35. The first-order chi connectivity index (χ1) is 13.6. The zero-order chi connectivity index (χ0) is 19.3. The van der Waals surface area contributed by atoms with E-state index in [1.54, 1.807) is 27.7 Å². The van der Waals surface area contributed by atoms with E-state index in [1.165, 1.54) is 23.3 Å². The van der Waals surface area contributed by atoms with E-state index in [0.29, 0.717) is 17.3 Å². The molecule has 0 unspecified atom stereocenters. The third-order valence-electron chi connectivity index (χ3n) is 5.17. The van der Waals surface area contributed by atoms with Crippen molar-refractivity contribution in [3.63, 3.8) is 0 Å². The van der Waals surface area contributed by atoms with E-state index in [2.05, 4.69) is 4.98 Å². The summed E-state index contributed by atoms with van der Waals surface area (Å²) in [6.07, 6.45) is 8.28. The van der Waals surface area contributed by atoms with E-state index in [0.717, 1.165) is 39.6 Å². The summed E-state index contributed by atoms with van der Waals surface area (Å²) in [6, 6.07) is 3.74. The number of hydrogen-bond acceptors (Lipinski definition) is 5. The molecular formula is C20H19ClN4OS2. The molecule has 0 fully saturated rings. The topological polar surface area (TPSA) is 52.2 Å². The molecule has 0 radical (unpaired) electrons. The lowest BCUT2D eigenvalue weighted by atomic mass is 9.97. The Labute approximate surface area is 175 Å². The zero-order valence-corrected chi connectivity index (χ0v) is 17.8. The van der Waals surface area contributed by atoms with E-state index < -0.39 is 0 Å². The number of pyridine rings is 1. The molecule has 0 bridgehead atoms. The maximum atomic E-state index is 13.2. The predicted molar refractivity (Wildman–Crippen MR) is 116 cm³/mol. The van der Waals surface area contributed by atoms with Crippen LogP contribution in [0.5, 0.6) is 0 Å². The molecule has 0 saturated carbocycles. The van der Waals surface area contributed by atoms with Crippen LogP contribution in [-0.2, 0) is 25.1 Å². The number of aromatic nitrogens is 4. The van der Waals surface area contributed by atoms with Crippen molar-refractivity contribution in [2.24, 2.45) is 0 Å². The molecule has 0 saturated heterocycles. The third kappa shape index (κ3) is 3.06. The van der Waals surface area contributed by atoms with Crippen LogP contribution >= 0.6 is 34.7 Å². The molecule has 0 aromatic carbocycles. The molecule has 8 heteroatoms. The molecule has 0 atom stereocenters. The summed E-state index contributed by atoms with van der Waals surface area (Å²) >= 11 is 9.33. The Morgan fingerprint density at radius 2 is 2.07 bits per heavy atom. The highest BCUT2D eigenvalue weighted by Gasteiger charge is 2.22. The number of nitrogens with zero attached hydrogens (tertiary/aromatic N) is 4. The summed E-state index contributed by atoms with van der Waals surface area (Å²) in [6.45, 7) is 2.63. The van der Waals surface area contributed by atoms with Crippen LogP contribution in [0.3, 0.4) is 0 Å². The Morgan fingerprint density at radius 3 is 2.93 bits per heavy atom. The van der Waals surface area contributed by atoms with E-state index in [9.17, 15) is 4.79 Å². The van der Waals surface area contributed by atoms with E-state index in [1.807, 2.05) is 35.9 Å². The molecule has 1 aliphatic rings. The fraction of sp³-hybridized carbons (Fsp3) is 0.350. The smallest absolute Gasteiger partial charge is 0.263 e. The molecule has 144 valence electrons. The normalized spacial score (nSPS) is 14.1. The minimum Gasteiger partial charge on any atom is -0.305 e. The summed E-state index contributed by atoms with van der Waals surface area (Å²) in [5, 5.41) is 2.31. The minimum atomic E-state index is 0.108. The van der Waals surface area contributed by atoms with Crippen molar-refractivity contribution in [2.45, 2.75) is 50.1 Å². The molecule has 0 N–H and O–H groups in total. The molecule has 5 nitrogen and oxygen atoms in total. The maximum absolute atomic E-state index is 13.2.